The highest BCUT2D eigenvalue weighted by Gasteiger charge is 2.38. The molecule has 0 bridgehead atoms. The Bertz CT molecular complexity index is 894. The molecule has 2 heterocycles. The summed E-state index contributed by atoms with van der Waals surface area (Å²) in [5.74, 6) is -0.686. The smallest absolute Gasteiger partial charge is 0.333 e. The van der Waals surface area contributed by atoms with E-state index < -0.39 is 22.4 Å². The van der Waals surface area contributed by atoms with Crippen molar-refractivity contribution in [2.75, 3.05) is 6.61 Å². The van der Waals surface area contributed by atoms with Gasteiger partial charge in [0, 0.05) is 36.9 Å². The molecule has 0 aliphatic heterocycles. The van der Waals surface area contributed by atoms with E-state index in [9.17, 15) is 13.2 Å². The Morgan fingerprint density at radius 3 is 2.84 bits per heavy atom. The number of hydrogen-bond donors (Lipinski definition) is 1. The quantitative estimate of drug-likeness (QED) is 0.775. The summed E-state index contributed by atoms with van der Waals surface area (Å²) in [7, 11) is -4.04. The highest BCUT2D eigenvalue weighted by Crippen LogP contribution is 2.39. The lowest BCUT2D eigenvalue weighted by Crippen LogP contribution is -2.27. The molecule has 2 aromatic rings. The number of aryl methyl sites for hydroxylation is 1. The zero-order valence-electron chi connectivity index (χ0n) is 14.0. The van der Waals surface area contributed by atoms with Crippen LogP contribution in [0.2, 0.25) is 0 Å². The van der Waals surface area contributed by atoms with Crippen molar-refractivity contribution in [2.45, 2.75) is 38.8 Å². The summed E-state index contributed by atoms with van der Waals surface area (Å²) in [6, 6.07) is 1.95. The van der Waals surface area contributed by atoms with Crippen LogP contribution < -0.4 is 5.14 Å². The molecule has 0 radical (unpaired) electrons. The van der Waals surface area contributed by atoms with Gasteiger partial charge in [-0.3, -0.25) is 8.98 Å². The first-order valence-corrected chi connectivity index (χ1v) is 9.34. The van der Waals surface area contributed by atoms with Crippen molar-refractivity contribution in [1.82, 2.24) is 14.5 Å². The molecule has 1 aliphatic rings. The lowest BCUT2D eigenvalue weighted by molar-refractivity contribution is -0.148. The third-order valence-corrected chi connectivity index (χ3v) is 4.94. The van der Waals surface area contributed by atoms with Crippen LogP contribution in [0.25, 0.3) is 11.0 Å². The molecule has 9 nitrogen and oxygen atoms in total. The van der Waals surface area contributed by atoms with Gasteiger partial charge in [0.15, 0.2) is 0 Å². The number of aromatic nitrogens is 3. The van der Waals surface area contributed by atoms with Crippen molar-refractivity contribution < 1.29 is 22.1 Å². The molecular weight excluding hydrogens is 348 g/mol. The second-order valence-electron chi connectivity index (χ2n) is 6.23. The minimum Gasteiger partial charge on any atom is -0.462 e. The van der Waals surface area contributed by atoms with Crippen molar-refractivity contribution in [2.24, 2.45) is 11.1 Å². The number of fused-ring (bicyclic) bond motifs is 1. The molecule has 2 N–H and O–H groups in total. The fourth-order valence-corrected chi connectivity index (χ4v) is 3.76. The van der Waals surface area contributed by atoms with E-state index >= 15 is 0 Å². The average Bonchev–Trinajstić information content (AvgIpc) is 3.08. The van der Waals surface area contributed by atoms with Gasteiger partial charge < -0.3 is 9.30 Å². The molecule has 0 saturated heterocycles. The van der Waals surface area contributed by atoms with Crippen LogP contribution in [0.3, 0.4) is 0 Å². The number of rotatable bonds is 5. The Balaban J connectivity index is 1.84. The SMILES string of the molecule is CC(=O)O[C@H]1C[C@H](n2ccc3c(C)ncnc32)C[C@H]1COS(N)(=O)=O. The Labute approximate surface area is 145 Å². The van der Waals surface area contributed by atoms with Crippen LogP contribution >= 0.6 is 0 Å². The molecule has 10 heteroatoms. The summed E-state index contributed by atoms with van der Waals surface area (Å²) in [6.07, 6.45) is 4.12. The van der Waals surface area contributed by atoms with Crippen LogP contribution in [-0.2, 0) is 24.0 Å². The van der Waals surface area contributed by atoms with E-state index in [1.165, 1.54) is 13.3 Å². The van der Waals surface area contributed by atoms with Crippen molar-refractivity contribution >= 4 is 27.3 Å². The largest absolute Gasteiger partial charge is 0.462 e. The number of hydrogen-bond acceptors (Lipinski definition) is 7. The van der Waals surface area contributed by atoms with E-state index in [1.807, 2.05) is 23.8 Å². The molecule has 136 valence electrons. The van der Waals surface area contributed by atoms with Crippen LogP contribution in [0.4, 0.5) is 0 Å². The summed E-state index contributed by atoms with van der Waals surface area (Å²) < 4.78 is 34.2. The van der Waals surface area contributed by atoms with Gasteiger partial charge >= 0.3 is 16.3 Å². The van der Waals surface area contributed by atoms with Gasteiger partial charge in [0.1, 0.15) is 18.1 Å². The predicted octanol–water partition coefficient (Wildman–Crippen LogP) is 0.843. The molecule has 0 amide bonds. The van der Waals surface area contributed by atoms with Gasteiger partial charge in [-0.1, -0.05) is 0 Å². The lowest BCUT2D eigenvalue weighted by Gasteiger charge is -2.18. The first kappa shape index (κ1) is 17.8. The first-order chi connectivity index (χ1) is 11.7. The molecule has 1 fully saturated rings. The van der Waals surface area contributed by atoms with E-state index in [-0.39, 0.29) is 18.6 Å². The van der Waals surface area contributed by atoms with Crippen LogP contribution in [0.15, 0.2) is 18.6 Å². The van der Waals surface area contributed by atoms with E-state index in [1.54, 1.807) is 0 Å². The molecule has 3 atom stereocenters. The number of nitrogens with two attached hydrogens (primary N) is 1. The van der Waals surface area contributed by atoms with Gasteiger partial charge in [0.2, 0.25) is 0 Å². The number of carbonyl (C=O) groups is 1. The third kappa shape index (κ3) is 3.97. The molecule has 2 aromatic heterocycles. The molecule has 1 aliphatic carbocycles. The fraction of sp³-hybridized carbons (Fsp3) is 0.533. The third-order valence-electron chi connectivity index (χ3n) is 4.47. The summed E-state index contributed by atoms with van der Waals surface area (Å²) in [6.45, 7) is 3.11. The van der Waals surface area contributed by atoms with Crippen LogP contribution in [-0.4, -0.2) is 41.6 Å². The van der Waals surface area contributed by atoms with Crippen molar-refractivity contribution in [3.05, 3.63) is 24.3 Å². The first-order valence-electron chi connectivity index (χ1n) is 7.87. The minimum atomic E-state index is -4.04. The van der Waals surface area contributed by atoms with Gasteiger partial charge in [0.25, 0.3) is 0 Å². The van der Waals surface area contributed by atoms with Gasteiger partial charge in [-0.05, 0) is 19.4 Å². The Morgan fingerprint density at radius 2 is 2.16 bits per heavy atom. The standard InChI is InChI=1S/C15H20N4O5S/c1-9-13-3-4-19(15(13)18-8-17-9)12-5-11(7-23-25(16,21)22)14(6-12)24-10(2)20/h3-4,8,11-12,14H,5-7H2,1-2H3,(H2,16,21,22)/t11-,12+,14-/m0/s1. The van der Waals surface area contributed by atoms with E-state index in [4.69, 9.17) is 14.1 Å². The molecular formula is C15H20N4O5S. The van der Waals surface area contributed by atoms with E-state index in [0.717, 1.165) is 16.7 Å². The summed E-state index contributed by atoms with van der Waals surface area (Å²) >= 11 is 0. The zero-order chi connectivity index (χ0) is 18.2. The average molecular weight is 368 g/mol. The maximum absolute atomic E-state index is 11.4. The maximum Gasteiger partial charge on any atom is 0.333 e. The molecule has 0 aromatic carbocycles. The van der Waals surface area contributed by atoms with Gasteiger partial charge in [-0.2, -0.15) is 8.42 Å². The predicted molar refractivity (Wildman–Crippen MR) is 88.6 cm³/mol. The monoisotopic (exact) mass is 368 g/mol. The highest BCUT2D eigenvalue weighted by molar-refractivity contribution is 7.84. The fourth-order valence-electron chi connectivity index (χ4n) is 3.39. The van der Waals surface area contributed by atoms with Crippen LogP contribution in [0.5, 0.6) is 0 Å². The summed E-state index contributed by atoms with van der Waals surface area (Å²) in [4.78, 5) is 19.9. The maximum atomic E-state index is 11.4. The minimum absolute atomic E-state index is 0.00484. The topological polar surface area (TPSA) is 126 Å². The van der Waals surface area contributed by atoms with Gasteiger partial charge in [-0.25, -0.2) is 15.1 Å². The van der Waals surface area contributed by atoms with Crippen molar-refractivity contribution in [1.29, 1.82) is 0 Å². The van der Waals surface area contributed by atoms with Crippen molar-refractivity contribution in [3.63, 3.8) is 0 Å². The number of nitrogens with zero attached hydrogens (tertiary/aromatic N) is 3. The second kappa shape index (κ2) is 6.70. The molecule has 0 spiro atoms. The van der Waals surface area contributed by atoms with Crippen LogP contribution in [0.1, 0.15) is 31.5 Å². The molecule has 0 unspecified atom stereocenters. The highest BCUT2D eigenvalue weighted by atomic mass is 32.2. The molecule has 25 heavy (non-hydrogen) atoms. The van der Waals surface area contributed by atoms with E-state index in [0.29, 0.717) is 12.8 Å². The van der Waals surface area contributed by atoms with Gasteiger partial charge in [0.05, 0.1) is 12.3 Å². The second-order valence-corrected chi connectivity index (χ2v) is 7.45. The Hall–Kier alpha value is -2.04. The lowest BCUT2D eigenvalue weighted by atomic mass is 10.1. The number of ether oxygens (including phenoxy) is 1. The number of esters is 1. The summed E-state index contributed by atoms with van der Waals surface area (Å²) in [5.41, 5.74) is 1.68. The Kier molecular flexibility index (Phi) is 4.76. The van der Waals surface area contributed by atoms with E-state index in [2.05, 4.69) is 9.97 Å². The Morgan fingerprint density at radius 1 is 1.40 bits per heavy atom. The van der Waals surface area contributed by atoms with Crippen molar-refractivity contribution in [3.8, 4) is 0 Å². The summed E-state index contributed by atoms with van der Waals surface area (Å²) in [5, 5.41) is 5.86. The zero-order valence-corrected chi connectivity index (χ0v) is 14.8. The molecule has 1 saturated carbocycles. The van der Waals surface area contributed by atoms with Crippen LogP contribution in [0, 0.1) is 12.8 Å². The molecule has 3 rings (SSSR count). The number of carbonyl (C=O) groups excluding carboxylic acids is 1. The van der Waals surface area contributed by atoms with Gasteiger partial charge in [-0.15, -0.1) is 0 Å². The normalized spacial score (nSPS) is 23.9.